The Hall–Kier alpha value is -0.790. The molecule has 0 N–H and O–H groups in total. The molecule has 0 amide bonds. The highest BCUT2D eigenvalue weighted by molar-refractivity contribution is 7.98. The normalized spacial score (nSPS) is 13.0. The fourth-order valence-corrected chi connectivity index (χ4v) is 4.39. The molecule has 0 saturated heterocycles. The fraction of sp³-hybridized carbons (Fsp3) is 0.294. The highest BCUT2D eigenvalue weighted by Gasteiger charge is 2.40. The molecule has 0 bridgehead atoms. The van der Waals surface area contributed by atoms with Crippen LogP contribution < -0.4 is 0 Å². The Kier molecular flexibility index (Phi) is 6.73. The Morgan fingerprint density at radius 1 is 0.826 bits per heavy atom. The molecule has 1 unspecified atom stereocenters. The summed E-state index contributed by atoms with van der Waals surface area (Å²) in [5.41, 5.74) is 0.729. The third kappa shape index (κ3) is 3.83. The number of thioether (sulfide) groups is 2. The minimum absolute atomic E-state index is 0.667. The van der Waals surface area contributed by atoms with Gasteiger partial charge in [-0.05, 0) is 48.9 Å². The second-order valence-corrected chi connectivity index (χ2v) is 7.94. The maximum atomic E-state index is 13.1. The second-order valence-electron chi connectivity index (χ2n) is 4.64. The number of benzene rings is 2. The smallest absolute Gasteiger partial charge is 0.279 e. The molecule has 0 aliphatic heterocycles. The molecule has 0 spiro atoms. The minimum atomic E-state index is -1.51. The molecule has 2 aromatic carbocycles. The van der Waals surface area contributed by atoms with Gasteiger partial charge in [-0.15, -0.1) is 23.5 Å². The molecule has 0 fully saturated rings. The van der Waals surface area contributed by atoms with E-state index in [9.17, 15) is 4.21 Å². The van der Waals surface area contributed by atoms with Crippen molar-refractivity contribution in [2.45, 2.75) is 19.8 Å². The van der Waals surface area contributed by atoms with Crippen LogP contribution in [0.3, 0.4) is 0 Å². The van der Waals surface area contributed by atoms with E-state index >= 15 is 0 Å². The summed E-state index contributed by atoms with van der Waals surface area (Å²) in [6.45, 7) is 0. The van der Waals surface area contributed by atoms with Crippen molar-refractivity contribution < 1.29 is 13.7 Å². The van der Waals surface area contributed by atoms with E-state index in [1.807, 2.05) is 61.0 Å². The van der Waals surface area contributed by atoms with Crippen LogP contribution in [-0.2, 0) is 25.4 Å². The third-order valence-corrected chi connectivity index (χ3v) is 6.74. The van der Waals surface area contributed by atoms with E-state index in [4.69, 9.17) is 9.47 Å². The summed E-state index contributed by atoms with van der Waals surface area (Å²) < 4.78 is 24.3. The highest BCUT2D eigenvalue weighted by atomic mass is 32.2. The third-order valence-electron chi connectivity index (χ3n) is 3.50. The average molecular weight is 369 g/mol. The topological polar surface area (TPSA) is 35.5 Å². The Bertz CT molecular complexity index is 650. The zero-order valence-corrected chi connectivity index (χ0v) is 16.0. The molecule has 0 saturated carbocycles. The maximum Gasteiger partial charge on any atom is 0.279 e. The summed E-state index contributed by atoms with van der Waals surface area (Å²) in [6.07, 6.45) is 4.02. The van der Waals surface area contributed by atoms with Gasteiger partial charge >= 0.3 is 0 Å². The molecule has 0 heterocycles. The molecule has 0 aliphatic rings. The minimum Gasteiger partial charge on any atom is -0.339 e. The molecule has 0 radical (unpaired) electrons. The average Bonchev–Trinajstić information content (AvgIpc) is 2.63. The summed E-state index contributed by atoms with van der Waals surface area (Å²) in [7, 11) is 1.52. The van der Waals surface area contributed by atoms with Crippen molar-refractivity contribution in [2.75, 3.05) is 26.7 Å². The summed E-state index contributed by atoms with van der Waals surface area (Å²) in [5.74, 6) is 0. The van der Waals surface area contributed by atoms with Crippen LogP contribution in [0.1, 0.15) is 5.56 Å². The standard InChI is InChI=1S/C17H20O3S3/c1-19-17(20-2,13-5-7-14(21-3)8-6-13)23(18)16-11-9-15(22-4)10-12-16/h5-12H,1-4H3. The first-order valence-electron chi connectivity index (χ1n) is 6.92. The summed E-state index contributed by atoms with van der Waals surface area (Å²) in [5, 5.41) is -1.32. The lowest BCUT2D eigenvalue weighted by atomic mass is 10.2. The number of rotatable bonds is 7. The van der Waals surface area contributed by atoms with Crippen molar-refractivity contribution in [3.63, 3.8) is 0 Å². The Morgan fingerprint density at radius 2 is 1.26 bits per heavy atom. The van der Waals surface area contributed by atoms with Crippen LogP contribution in [0.25, 0.3) is 0 Å². The fourth-order valence-electron chi connectivity index (χ4n) is 2.23. The van der Waals surface area contributed by atoms with Crippen LogP contribution in [0.2, 0.25) is 0 Å². The lowest BCUT2D eigenvalue weighted by Gasteiger charge is -2.30. The van der Waals surface area contributed by atoms with E-state index in [2.05, 4.69) is 0 Å². The molecule has 6 heteroatoms. The van der Waals surface area contributed by atoms with Gasteiger partial charge in [0.1, 0.15) is 10.8 Å². The van der Waals surface area contributed by atoms with E-state index < -0.39 is 15.9 Å². The van der Waals surface area contributed by atoms with Gasteiger partial charge in [0.2, 0.25) is 0 Å². The van der Waals surface area contributed by atoms with Gasteiger partial charge in [0.05, 0.1) is 0 Å². The Morgan fingerprint density at radius 3 is 1.65 bits per heavy atom. The number of ether oxygens (including phenoxy) is 2. The second kappa shape index (κ2) is 8.35. The van der Waals surface area contributed by atoms with E-state index in [-0.39, 0.29) is 0 Å². The van der Waals surface area contributed by atoms with Crippen LogP contribution in [-0.4, -0.2) is 30.9 Å². The van der Waals surface area contributed by atoms with Crippen molar-refractivity contribution in [1.29, 1.82) is 0 Å². The number of hydrogen-bond acceptors (Lipinski definition) is 5. The molecule has 1 atom stereocenters. The highest BCUT2D eigenvalue weighted by Crippen LogP contribution is 2.35. The molecule has 23 heavy (non-hydrogen) atoms. The van der Waals surface area contributed by atoms with Crippen LogP contribution >= 0.6 is 23.5 Å². The monoisotopic (exact) mass is 368 g/mol. The summed E-state index contributed by atoms with van der Waals surface area (Å²) in [4.78, 5) is 2.92. The van der Waals surface area contributed by atoms with Crippen molar-refractivity contribution in [2.24, 2.45) is 0 Å². The lowest BCUT2D eigenvalue weighted by molar-refractivity contribution is -0.144. The lowest BCUT2D eigenvalue weighted by Crippen LogP contribution is -2.35. The van der Waals surface area contributed by atoms with Crippen LogP contribution in [0.5, 0.6) is 0 Å². The first-order valence-corrected chi connectivity index (χ1v) is 10.5. The van der Waals surface area contributed by atoms with E-state index in [0.29, 0.717) is 4.90 Å². The quantitative estimate of drug-likeness (QED) is 0.536. The Balaban J connectivity index is 2.43. The maximum absolute atomic E-state index is 13.1. The largest absolute Gasteiger partial charge is 0.339 e. The van der Waals surface area contributed by atoms with E-state index in [1.54, 1.807) is 23.5 Å². The summed E-state index contributed by atoms with van der Waals surface area (Å²) >= 11 is 3.30. The molecule has 3 nitrogen and oxygen atoms in total. The molecule has 0 aromatic heterocycles. The first-order chi connectivity index (χ1) is 11.1. The van der Waals surface area contributed by atoms with Crippen molar-refractivity contribution in [1.82, 2.24) is 0 Å². The van der Waals surface area contributed by atoms with Gasteiger partial charge in [0, 0.05) is 34.5 Å². The van der Waals surface area contributed by atoms with Crippen molar-refractivity contribution in [3.05, 3.63) is 54.1 Å². The van der Waals surface area contributed by atoms with E-state index in [1.165, 1.54) is 14.2 Å². The van der Waals surface area contributed by atoms with Crippen LogP contribution in [0.4, 0.5) is 0 Å². The Labute approximate surface area is 148 Å². The molecule has 0 aliphatic carbocycles. The molecule has 2 rings (SSSR count). The van der Waals surface area contributed by atoms with Gasteiger partial charge < -0.3 is 9.47 Å². The van der Waals surface area contributed by atoms with Crippen LogP contribution in [0, 0.1) is 0 Å². The predicted octanol–water partition coefficient (Wildman–Crippen LogP) is 4.34. The van der Waals surface area contributed by atoms with Gasteiger partial charge in [0.15, 0.2) is 0 Å². The van der Waals surface area contributed by atoms with Crippen molar-refractivity contribution >= 4 is 34.3 Å². The van der Waals surface area contributed by atoms with Gasteiger partial charge in [-0.25, -0.2) is 4.21 Å². The molecular formula is C17H20O3S3. The van der Waals surface area contributed by atoms with Gasteiger partial charge in [0.25, 0.3) is 5.12 Å². The van der Waals surface area contributed by atoms with Gasteiger partial charge in [-0.3, -0.25) is 0 Å². The van der Waals surface area contributed by atoms with Gasteiger partial charge in [-0.1, -0.05) is 12.1 Å². The predicted molar refractivity (Wildman–Crippen MR) is 98.6 cm³/mol. The zero-order chi connectivity index (χ0) is 16.9. The van der Waals surface area contributed by atoms with Crippen LogP contribution in [0.15, 0.2) is 63.2 Å². The first kappa shape index (κ1) is 18.5. The SMILES string of the molecule is COC(OC)(c1ccc(SC)cc1)S(=O)c1ccc(SC)cc1. The molecule has 124 valence electrons. The summed E-state index contributed by atoms with van der Waals surface area (Å²) in [6, 6.07) is 15.3. The van der Waals surface area contributed by atoms with Gasteiger partial charge in [-0.2, -0.15) is 0 Å². The van der Waals surface area contributed by atoms with E-state index in [0.717, 1.165) is 15.4 Å². The number of hydrogen-bond donors (Lipinski definition) is 0. The zero-order valence-electron chi connectivity index (χ0n) is 13.6. The molecule has 2 aromatic rings. The number of methoxy groups -OCH3 is 2. The van der Waals surface area contributed by atoms with Crippen molar-refractivity contribution in [3.8, 4) is 0 Å². The molecular weight excluding hydrogens is 348 g/mol.